The number of carboxylic acid groups (broad SMARTS) is 1. The SMILES string of the molecule is O=C(O)C1Cc2nc[nH]c2CN1Cc1ccc2cccc(Cl)c2n1. The number of aliphatic carboxylic acids is 1. The van der Waals surface area contributed by atoms with E-state index in [9.17, 15) is 9.90 Å². The van der Waals surface area contributed by atoms with Crippen molar-refractivity contribution in [2.24, 2.45) is 0 Å². The molecule has 0 aliphatic carbocycles. The van der Waals surface area contributed by atoms with Crippen molar-refractivity contribution in [2.45, 2.75) is 25.6 Å². The molecule has 1 aromatic carbocycles. The summed E-state index contributed by atoms with van der Waals surface area (Å²) >= 11 is 6.22. The Kier molecular flexibility index (Phi) is 3.70. The number of benzene rings is 1. The maximum atomic E-state index is 11.6. The number of fused-ring (bicyclic) bond motifs is 2. The smallest absolute Gasteiger partial charge is 0.321 e. The molecule has 3 aromatic rings. The number of pyridine rings is 1. The van der Waals surface area contributed by atoms with Gasteiger partial charge in [0, 0.05) is 24.9 Å². The highest BCUT2D eigenvalue weighted by Gasteiger charge is 2.33. The summed E-state index contributed by atoms with van der Waals surface area (Å²) in [5.41, 5.74) is 3.33. The van der Waals surface area contributed by atoms with E-state index in [4.69, 9.17) is 11.6 Å². The van der Waals surface area contributed by atoms with Crippen LogP contribution < -0.4 is 0 Å². The molecule has 0 saturated heterocycles. The maximum absolute atomic E-state index is 11.6. The third-order valence-corrected chi connectivity index (χ3v) is 4.68. The van der Waals surface area contributed by atoms with E-state index in [1.165, 1.54) is 0 Å². The van der Waals surface area contributed by atoms with Crippen LogP contribution in [0, 0.1) is 0 Å². The molecular formula is C17H15ClN4O2. The Morgan fingerprint density at radius 1 is 1.38 bits per heavy atom. The first kappa shape index (κ1) is 15.1. The molecule has 1 aliphatic rings. The van der Waals surface area contributed by atoms with E-state index < -0.39 is 12.0 Å². The normalized spacial score (nSPS) is 17.8. The first-order chi connectivity index (χ1) is 11.6. The number of halogens is 1. The second-order valence-corrected chi connectivity index (χ2v) is 6.31. The summed E-state index contributed by atoms with van der Waals surface area (Å²) in [6, 6.07) is 8.92. The molecule has 0 amide bonds. The molecule has 0 fully saturated rings. The summed E-state index contributed by atoms with van der Waals surface area (Å²) in [6.07, 6.45) is 2.00. The first-order valence-electron chi connectivity index (χ1n) is 7.64. The van der Waals surface area contributed by atoms with Crippen LogP contribution in [0.3, 0.4) is 0 Å². The second kappa shape index (κ2) is 5.89. The van der Waals surface area contributed by atoms with E-state index >= 15 is 0 Å². The van der Waals surface area contributed by atoms with Crippen molar-refractivity contribution in [3.8, 4) is 0 Å². The molecule has 122 valence electrons. The van der Waals surface area contributed by atoms with E-state index in [1.54, 1.807) is 12.4 Å². The minimum absolute atomic E-state index is 0.391. The van der Waals surface area contributed by atoms with Gasteiger partial charge in [0.2, 0.25) is 0 Å². The highest BCUT2D eigenvalue weighted by atomic mass is 35.5. The Labute approximate surface area is 143 Å². The van der Waals surface area contributed by atoms with Crippen molar-refractivity contribution >= 4 is 28.5 Å². The van der Waals surface area contributed by atoms with Crippen molar-refractivity contribution in [2.75, 3.05) is 0 Å². The van der Waals surface area contributed by atoms with Crippen molar-refractivity contribution in [1.29, 1.82) is 0 Å². The molecule has 1 unspecified atom stereocenters. The zero-order valence-corrected chi connectivity index (χ0v) is 13.5. The number of para-hydroxylation sites is 1. The summed E-state index contributed by atoms with van der Waals surface area (Å²) in [4.78, 5) is 25.4. The predicted octanol–water partition coefficient (Wildman–Crippen LogP) is 2.62. The Balaban J connectivity index is 1.66. The molecule has 0 spiro atoms. The number of aromatic amines is 1. The second-order valence-electron chi connectivity index (χ2n) is 5.91. The third-order valence-electron chi connectivity index (χ3n) is 4.38. The molecule has 0 bridgehead atoms. The zero-order valence-electron chi connectivity index (χ0n) is 12.7. The lowest BCUT2D eigenvalue weighted by Crippen LogP contribution is -2.45. The summed E-state index contributed by atoms with van der Waals surface area (Å²) in [5, 5.41) is 11.1. The molecule has 1 atom stereocenters. The Morgan fingerprint density at radius 3 is 3.08 bits per heavy atom. The molecule has 0 radical (unpaired) electrons. The van der Waals surface area contributed by atoms with Crippen LogP contribution in [0.2, 0.25) is 5.02 Å². The number of hydrogen-bond acceptors (Lipinski definition) is 4. The molecular weight excluding hydrogens is 328 g/mol. The number of hydrogen-bond donors (Lipinski definition) is 2. The van der Waals surface area contributed by atoms with Gasteiger partial charge in [0.25, 0.3) is 0 Å². The van der Waals surface area contributed by atoms with Gasteiger partial charge in [-0.3, -0.25) is 9.69 Å². The van der Waals surface area contributed by atoms with Crippen LogP contribution in [0.15, 0.2) is 36.7 Å². The Bertz CT molecular complexity index is 924. The van der Waals surface area contributed by atoms with Gasteiger partial charge >= 0.3 is 5.97 Å². The summed E-state index contributed by atoms with van der Waals surface area (Å²) in [6.45, 7) is 0.950. The Morgan fingerprint density at radius 2 is 2.25 bits per heavy atom. The summed E-state index contributed by atoms with van der Waals surface area (Å²) in [7, 11) is 0. The Hall–Kier alpha value is -2.44. The number of H-pyrrole nitrogens is 1. The molecule has 2 aromatic heterocycles. The van der Waals surface area contributed by atoms with E-state index in [-0.39, 0.29) is 0 Å². The fourth-order valence-corrected chi connectivity index (χ4v) is 3.37. The van der Waals surface area contributed by atoms with Crippen LogP contribution in [-0.4, -0.2) is 37.0 Å². The van der Waals surface area contributed by atoms with E-state index in [0.717, 1.165) is 28.0 Å². The molecule has 7 heteroatoms. The lowest BCUT2D eigenvalue weighted by Gasteiger charge is -2.31. The minimum Gasteiger partial charge on any atom is -0.480 e. The van der Waals surface area contributed by atoms with Crippen LogP contribution >= 0.6 is 11.6 Å². The molecule has 3 heterocycles. The van der Waals surface area contributed by atoms with Gasteiger partial charge in [-0.25, -0.2) is 9.97 Å². The standard InChI is InChI=1S/C17H15ClN4O2/c18-12-3-1-2-10-4-5-11(21-16(10)12)7-22-8-14-13(19-9-20-14)6-15(22)17(23)24/h1-5,9,15H,6-8H2,(H,19,20)(H,23,24). The van der Waals surface area contributed by atoms with Crippen molar-refractivity contribution in [3.05, 3.63) is 58.8 Å². The highest BCUT2D eigenvalue weighted by molar-refractivity contribution is 6.35. The van der Waals surface area contributed by atoms with Crippen LogP contribution in [0.1, 0.15) is 17.1 Å². The number of imidazole rings is 1. The fourth-order valence-electron chi connectivity index (χ4n) is 3.14. The zero-order chi connectivity index (χ0) is 16.7. The van der Waals surface area contributed by atoms with Crippen LogP contribution in [0.25, 0.3) is 10.9 Å². The van der Waals surface area contributed by atoms with Crippen LogP contribution in [0.4, 0.5) is 0 Å². The molecule has 1 aliphatic heterocycles. The lowest BCUT2D eigenvalue weighted by atomic mass is 10.0. The number of nitrogens with one attached hydrogen (secondary N) is 1. The van der Waals surface area contributed by atoms with E-state index in [0.29, 0.717) is 24.5 Å². The minimum atomic E-state index is -0.845. The average Bonchev–Trinajstić information content (AvgIpc) is 3.02. The van der Waals surface area contributed by atoms with Gasteiger partial charge in [-0.2, -0.15) is 0 Å². The quantitative estimate of drug-likeness (QED) is 0.764. The van der Waals surface area contributed by atoms with E-state index in [1.807, 2.05) is 29.2 Å². The van der Waals surface area contributed by atoms with Crippen LogP contribution in [0.5, 0.6) is 0 Å². The first-order valence-corrected chi connectivity index (χ1v) is 8.02. The molecule has 4 rings (SSSR count). The summed E-state index contributed by atoms with van der Waals surface area (Å²) < 4.78 is 0. The van der Waals surface area contributed by atoms with Crippen molar-refractivity contribution < 1.29 is 9.90 Å². The maximum Gasteiger partial charge on any atom is 0.321 e. The van der Waals surface area contributed by atoms with Crippen LogP contribution in [-0.2, 0) is 24.3 Å². The van der Waals surface area contributed by atoms with Crippen molar-refractivity contribution in [3.63, 3.8) is 0 Å². The molecule has 24 heavy (non-hydrogen) atoms. The number of rotatable bonds is 3. The third kappa shape index (κ3) is 2.64. The van der Waals surface area contributed by atoms with Gasteiger partial charge in [0.15, 0.2) is 0 Å². The van der Waals surface area contributed by atoms with Gasteiger partial charge < -0.3 is 10.1 Å². The number of nitrogens with zero attached hydrogens (tertiary/aromatic N) is 3. The lowest BCUT2D eigenvalue weighted by molar-refractivity contribution is -0.144. The average molecular weight is 343 g/mol. The predicted molar refractivity (Wildman–Crippen MR) is 89.7 cm³/mol. The van der Waals surface area contributed by atoms with Gasteiger partial charge in [0.1, 0.15) is 6.04 Å². The van der Waals surface area contributed by atoms with Gasteiger partial charge in [-0.15, -0.1) is 0 Å². The molecule has 2 N–H and O–H groups in total. The number of carbonyl (C=O) groups is 1. The number of carboxylic acids is 1. The summed E-state index contributed by atoms with van der Waals surface area (Å²) in [5.74, 6) is -0.845. The molecule has 0 saturated carbocycles. The van der Waals surface area contributed by atoms with E-state index in [2.05, 4.69) is 15.0 Å². The van der Waals surface area contributed by atoms with Gasteiger partial charge in [-0.1, -0.05) is 29.8 Å². The van der Waals surface area contributed by atoms with Gasteiger partial charge in [0.05, 0.1) is 33.9 Å². The van der Waals surface area contributed by atoms with Gasteiger partial charge in [-0.05, 0) is 12.1 Å². The topological polar surface area (TPSA) is 82.1 Å². The monoisotopic (exact) mass is 342 g/mol. The highest BCUT2D eigenvalue weighted by Crippen LogP contribution is 2.25. The molecule has 6 nitrogen and oxygen atoms in total. The fraction of sp³-hybridized carbons (Fsp3) is 0.235. The van der Waals surface area contributed by atoms with Crippen molar-refractivity contribution in [1.82, 2.24) is 19.9 Å². The number of aromatic nitrogens is 3. The largest absolute Gasteiger partial charge is 0.480 e.